The Morgan fingerprint density at radius 3 is 2.04 bits per heavy atom. The predicted molar refractivity (Wildman–Crippen MR) is 105 cm³/mol. The molecule has 2 aliphatic rings. The van der Waals surface area contributed by atoms with Gasteiger partial charge in [0.2, 0.25) is 0 Å². The van der Waals surface area contributed by atoms with Crippen molar-refractivity contribution in [2.24, 2.45) is 23.7 Å². The first-order chi connectivity index (χ1) is 11.7. The van der Waals surface area contributed by atoms with E-state index in [1.165, 1.54) is 69.8 Å². The average molecular weight is 327 g/mol. The molecule has 0 heterocycles. The van der Waals surface area contributed by atoms with Gasteiger partial charge in [0.05, 0.1) is 0 Å². The zero-order valence-corrected chi connectivity index (χ0v) is 16.3. The Morgan fingerprint density at radius 1 is 0.875 bits per heavy atom. The van der Waals surface area contributed by atoms with E-state index >= 15 is 0 Å². The maximum absolute atomic E-state index is 2.48. The van der Waals surface area contributed by atoms with E-state index in [4.69, 9.17) is 0 Å². The molecule has 2 aliphatic carbocycles. The van der Waals surface area contributed by atoms with Crippen molar-refractivity contribution in [2.45, 2.75) is 90.9 Å². The van der Waals surface area contributed by atoms with Gasteiger partial charge in [-0.3, -0.25) is 0 Å². The van der Waals surface area contributed by atoms with E-state index in [0.29, 0.717) is 0 Å². The summed E-state index contributed by atoms with van der Waals surface area (Å²) in [7, 11) is 0. The van der Waals surface area contributed by atoms with Gasteiger partial charge in [-0.1, -0.05) is 63.8 Å². The summed E-state index contributed by atoms with van der Waals surface area (Å²) in [5, 5.41) is 0. The molecular weight excluding hydrogens is 288 g/mol. The molecule has 0 radical (unpaired) electrons. The molecule has 1 unspecified atom stereocenters. The highest BCUT2D eigenvalue weighted by Crippen LogP contribution is 2.45. The molecule has 2 saturated carbocycles. The molecule has 0 bridgehead atoms. The van der Waals surface area contributed by atoms with Crippen LogP contribution < -0.4 is 0 Å². The lowest BCUT2D eigenvalue weighted by atomic mass is 9.66. The van der Waals surface area contributed by atoms with E-state index in [0.717, 1.165) is 29.6 Å². The van der Waals surface area contributed by atoms with Crippen LogP contribution in [-0.4, -0.2) is 0 Å². The molecule has 0 N–H and O–H groups in total. The molecule has 1 aromatic carbocycles. The maximum atomic E-state index is 2.48. The molecule has 1 atom stereocenters. The van der Waals surface area contributed by atoms with Gasteiger partial charge in [0.1, 0.15) is 0 Å². The summed E-state index contributed by atoms with van der Waals surface area (Å²) in [6, 6.07) is 9.05. The first-order valence-corrected chi connectivity index (χ1v) is 10.7. The monoisotopic (exact) mass is 326 g/mol. The van der Waals surface area contributed by atoms with Gasteiger partial charge in [-0.15, -0.1) is 0 Å². The molecule has 0 aliphatic heterocycles. The summed E-state index contributed by atoms with van der Waals surface area (Å²) < 4.78 is 0. The molecule has 3 rings (SSSR count). The second-order valence-electron chi connectivity index (χ2n) is 8.89. The third kappa shape index (κ3) is 4.24. The van der Waals surface area contributed by atoms with Crippen molar-refractivity contribution in [3.63, 3.8) is 0 Å². The van der Waals surface area contributed by atoms with Gasteiger partial charge in [-0.05, 0) is 86.2 Å². The number of rotatable bonds is 5. The summed E-state index contributed by atoms with van der Waals surface area (Å²) >= 11 is 0. The van der Waals surface area contributed by atoms with E-state index in [9.17, 15) is 0 Å². The van der Waals surface area contributed by atoms with Gasteiger partial charge < -0.3 is 0 Å². The van der Waals surface area contributed by atoms with Crippen molar-refractivity contribution in [3.8, 4) is 0 Å². The Morgan fingerprint density at radius 2 is 1.46 bits per heavy atom. The molecule has 0 saturated heterocycles. The van der Waals surface area contributed by atoms with Crippen LogP contribution in [0, 0.1) is 30.6 Å². The van der Waals surface area contributed by atoms with E-state index in [1.54, 1.807) is 5.56 Å². The van der Waals surface area contributed by atoms with Gasteiger partial charge in [0, 0.05) is 0 Å². The van der Waals surface area contributed by atoms with Gasteiger partial charge in [-0.2, -0.15) is 0 Å². The highest BCUT2D eigenvalue weighted by molar-refractivity contribution is 5.29. The van der Waals surface area contributed by atoms with Crippen LogP contribution in [0.2, 0.25) is 0 Å². The third-order valence-corrected chi connectivity index (χ3v) is 7.46. The lowest BCUT2D eigenvalue weighted by Crippen LogP contribution is -2.27. The minimum atomic E-state index is 0.743. The summed E-state index contributed by atoms with van der Waals surface area (Å²) in [6.07, 6.45) is 14.9. The number of benzene rings is 1. The van der Waals surface area contributed by atoms with Gasteiger partial charge in [-0.25, -0.2) is 0 Å². The summed E-state index contributed by atoms with van der Waals surface area (Å²) in [5.74, 6) is 4.83. The minimum Gasteiger partial charge on any atom is -0.0654 e. The topological polar surface area (TPSA) is 0 Å². The van der Waals surface area contributed by atoms with Crippen LogP contribution in [0.4, 0.5) is 0 Å². The van der Waals surface area contributed by atoms with Crippen LogP contribution in [0.1, 0.15) is 95.1 Å². The van der Waals surface area contributed by atoms with Crippen LogP contribution in [0.25, 0.3) is 0 Å². The van der Waals surface area contributed by atoms with Crippen LogP contribution in [0.5, 0.6) is 0 Å². The van der Waals surface area contributed by atoms with Crippen molar-refractivity contribution in [1.82, 2.24) is 0 Å². The summed E-state index contributed by atoms with van der Waals surface area (Å²) in [5.41, 5.74) is 3.09. The highest BCUT2D eigenvalue weighted by atomic mass is 14.4. The van der Waals surface area contributed by atoms with E-state index in [2.05, 4.69) is 45.0 Å². The molecule has 0 heteroatoms. The quantitative estimate of drug-likeness (QED) is 0.525. The van der Waals surface area contributed by atoms with Gasteiger partial charge in [0.15, 0.2) is 0 Å². The number of hydrogen-bond donors (Lipinski definition) is 0. The van der Waals surface area contributed by atoms with E-state index in [-0.39, 0.29) is 0 Å². The lowest BCUT2D eigenvalue weighted by Gasteiger charge is -2.39. The SMILES string of the molecule is CCCC1CCC(C2CCC(C(C)c3ccccc3C)CC2)CC1. The Balaban J connectivity index is 1.49. The smallest absolute Gasteiger partial charge is 0.0159 e. The van der Waals surface area contributed by atoms with Crippen molar-refractivity contribution in [2.75, 3.05) is 0 Å². The molecule has 0 amide bonds. The normalized spacial score (nSPS) is 32.5. The zero-order valence-electron chi connectivity index (χ0n) is 16.3. The van der Waals surface area contributed by atoms with Gasteiger partial charge in [0.25, 0.3) is 0 Å². The fourth-order valence-electron chi connectivity index (χ4n) is 5.82. The Bertz CT molecular complexity index is 487. The molecule has 0 nitrogen and oxygen atoms in total. The predicted octanol–water partition coefficient (Wildman–Crippen LogP) is 7.51. The molecular formula is C24H38. The van der Waals surface area contributed by atoms with Crippen LogP contribution in [0.3, 0.4) is 0 Å². The molecule has 0 spiro atoms. The fraction of sp³-hybridized carbons (Fsp3) is 0.750. The Labute approximate surface area is 150 Å². The summed E-state index contributed by atoms with van der Waals surface area (Å²) in [6.45, 7) is 7.11. The van der Waals surface area contributed by atoms with E-state index in [1.807, 2.05) is 0 Å². The zero-order chi connectivity index (χ0) is 16.9. The Hall–Kier alpha value is -0.780. The maximum Gasteiger partial charge on any atom is -0.0159 e. The van der Waals surface area contributed by atoms with Crippen LogP contribution in [-0.2, 0) is 0 Å². The molecule has 1 aromatic rings. The van der Waals surface area contributed by atoms with Crippen molar-refractivity contribution < 1.29 is 0 Å². The average Bonchev–Trinajstić information content (AvgIpc) is 2.63. The number of aryl methyl sites for hydroxylation is 1. The molecule has 0 aromatic heterocycles. The Kier molecular flexibility index (Phi) is 6.42. The second-order valence-corrected chi connectivity index (χ2v) is 8.89. The van der Waals surface area contributed by atoms with Crippen molar-refractivity contribution in [3.05, 3.63) is 35.4 Å². The largest absolute Gasteiger partial charge is 0.0654 e. The number of hydrogen-bond acceptors (Lipinski definition) is 0. The van der Waals surface area contributed by atoms with Crippen molar-refractivity contribution >= 4 is 0 Å². The van der Waals surface area contributed by atoms with Crippen molar-refractivity contribution in [1.29, 1.82) is 0 Å². The minimum absolute atomic E-state index is 0.743. The van der Waals surface area contributed by atoms with Crippen LogP contribution in [0.15, 0.2) is 24.3 Å². The highest BCUT2D eigenvalue weighted by Gasteiger charge is 2.32. The fourth-order valence-corrected chi connectivity index (χ4v) is 5.82. The second kappa shape index (κ2) is 8.54. The van der Waals surface area contributed by atoms with Gasteiger partial charge >= 0.3 is 0 Å². The van der Waals surface area contributed by atoms with E-state index < -0.39 is 0 Å². The third-order valence-electron chi connectivity index (χ3n) is 7.46. The van der Waals surface area contributed by atoms with Crippen LogP contribution >= 0.6 is 0 Å². The molecule has 2 fully saturated rings. The summed E-state index contributed by atoms with van der Waals surface area (Å²) in [4.78, 5) is 0. The molecule has 134 valence electrons. The first kappa shape index (κ1) is 18.0. The lowest BCUT2D eigenvalue weighted by molar-refractivity contribution is 0.137. The first-order valence-electron chi connectivity index (χ1n) is 10.7. The standard InChI is InChI=1S/C24H38/c1-4-7-20-10-12-22(13-11-20)23-16-14-21(15-17-23)19(3)24-9-6-5-8-18(24)2/h5-6,8-9,19-23H,4,7,10-17H2,1-3H3. The molecule has 24 heavy (non-hydrogen) atoms.